The van der Waals surface area contributed by atoms with Crippen LogP contribution in [0.2, 0.25) is 0 Å². The van der Waals surface area contributed by atoms with E-state index in [0.29, 0.717) is 10.0 Å². The van der Waals surface area contributed by atoms with Gasteiger partial charge >= 0.3 is 0 Å². The lowest BCUT2D eigenvalue weighted by atomic mass is 10.0. The van der Waals surface area contributed by atoms with E-state index in [-0.39, 0.29) is 5.82 Å². The van der Waals surface area contributed by atoms with Crippen LogP contribution in [0.3, 0.4) is 0 Å². The third-order valence-corrected chi connectivity index (χ3v) is 2.18. The molecule has 0 amide bonds. The van der Waals surface area contributed by atoms with Crippen molar-refractivity contribution in [3.8, 4) is 0 Å². The fraction of sp³-hybridized carbons (Fsp3) is 0.333. The van der Waals surface area contributed by atoms with Crippen molar-refractivity contribution in [2.45, 2.75) is 19.1 Å². The van der Waals surface area contributed by atoms with E-state index in [2.05, 4.69) is 15.9 Å². The second-order valence-corrected chi connectivity index (χ2v) is 3.92. The van der Waals surface area contributed by atoms with Gasteiger partial charge in [-0.3, -0.25) is 0 Å². The Labute approximate surface area is 84.7 Å². The predicted molar refractivity (Wildman–Crippen MR) is 52.7 cm³/mol. The van der Waals surface area contributed by atoms with Crippen LogP contribution >= 0.6 is 15.9 Å². The Morgan fingerprint density at radius 3 is 2.54 bits per heavy atom. The summed E-state index contributed by atoms with van der Waals surface area (Å²) in [7, 11) is 0. The molecule has 2 nitrogen and oxygen atoms in total. The van der Waals surface area contributed by atoms with Gasteiger partial charge in [0.25, 0.3) is 0 Å². The first-order valence-corrected chi connectivity index (χ1v) is 4.69. The monoisotopic (exact) mass is 247 g/mol. The highest BCUT2D eigenvalue weighted by molar-refractivity contribution is 9.10. The van der Waals surface area contributed by atoms with E-state index in [1.165, 1.54) is 12.1 Å². The summed E-state index contributed by atoms with van der Waals surface area (Å²) in [6.07, 6.45) is -0.827. The van der Waals surface area contributed by atoms with Gasteiger partial charge in [-0.2, -0.15) is 0 Å². The summed E-state index contributed by atoms with van der Waals surface area (Å²) in [6, 6.07) is 3.85. The fourth-order valence-corrected chi connectivity index (χ4v) is 1.53. The number of benzene rings is 1. The van der Waals surface area contributed by atoms with Gasteiger partial charge in [-0.25, -0.2) is 4.39 Å². The molecule has 0 saturated heterocycles. The van der Waals surface area contributed by atoms with E-state index in [4.69, 9.17) is 5.73 Å². The number of rotatable bonds is 2. The van der Waals surface area contributed by atoms with Crippen LogP contribution in [-0.4, -0.2) is 11.1 Å². The summed E-state index contributed by atoms with van der Waals surface area (Å²) < 4.78 is 13.5. The molecular formula is C9H11BrFNO. The summed E-state index contributed by atoms with van der Waals surface area (Å²) in [5.74, 6) is -0.385. The van der Waals surface area contributed by atoms with Gasteiger partial charge in [-0.05, 0) is 30.7 Å². The fourth-order valence-electron chi connectivity index (χ4n) is 1.05. The Hall–Kier alpha value is -0.450. The molecule has 0 aliphatic heterocycles. The quantitative estimate of drug-likeness (QED) is 0.840. The van der Waals surface area contributed by atoms with Crippen molar-refractivity contribution in [1.29, 1.82) is 0 Å². The minimum atomic E-state index is -0.827. The van der Waals surface area contributed by atoms with Crippen LogP contribution < -0.4 is 5.73 Å². The average molecular weight is 248 g/mol. The lowest BCUT2D eigenvalue weighted by Crippen LogP contribution is -2.24. The van der Waals surface area contributed by atoms with Crippen molar-refractivity contribution >= 4 is 15.9 Å². The first-order valence-electron chi connectivity index (χ1n) is 3.90. The molecule has 0 heterocycles. The standard InChI is InChI=1S/C9H11BrFNO/c1-5(12)9(13)6-2-7(10)4-8(11)3-6/h2-5,9,13H,12H2,1H3/t5-,9-/m1/s1. The maximum Gasteiger partial charge on any atom is 0.124 e. The van der Waals surface area contributed by atoms with Gasteiger partial charge in [-0.1, -0.05) is 15.9 Å². The van der Waals surface area contributed by atoms with Gasteiger partial charge in [0.2, 0.25) is 0 Å². The summed E-state index contributed by atoms with van der Waals surface area (Å²) in [5.41, 5.74) is 5.97. The molecule has 72 valence electrons. The zero-order valence-corrected chi connectivity index (χ0v) is 8.75. The Kier molecular flexibility index (Phi) is 3.41. The zero-order valence-electron chi connectivity index (χ0n) is 7.17. The highest BCUT2D eigenvalue weighted by Gasteiger charge is 2.13. The minimum absolute atomic E-state index is 0.385. The van der Waals surface area contributed by atoms with Crippen LogP contribution in [0.15, 0.2) is 22.7 Å². The maximum atomic E-state index is 12.9. The Bertz CT molecular complexity index is 283. The Balaban J connectivity index is 3.01. The third-order valence-electron chi connectivity index (χ3n) is 1.72. The smallest absolute Gasteiger partial charge is 0.124 e. The zero-order chi connectivity index (χ0) is 10.0. The topological polar surface area (TPSA) is 46.2 Å². The number of hydrogen-bond acceptors (Lipinski definition) is 2. The Morgan fingerprint density at radius 1 is 1.46 bits per heavy atom. The molecule has 0 spiro atoms. The molecule has 1 rings (SSSR count). The highest BCUT2D eigenvalue weighted by atomic mass is 79.9. The number of aliphatic hydroxyl groups is 1. The average Bonchev–Trinajstić information content (AvgIpc) is 2.01. The normalized spacial score (nSPS) is 15.5. The van der Waals surface area contributed by atoms with E-state index >= 15 is 0 Å². The van der Waals surface area contributed by atoms with Crippen LogP contribution in [0.4, 0.5) is 4.39 Å². The molecule has 2 atom stereocenters. The molecule has 1 aromatic rings. The summed E-state index contributed by atoms with van der Waals surface area (Å²) >= 11 is 3.14. The van der Waals surface area contributed by atoms with Crippen molar-refractivity contribution in [3.63, 3.8) is 0 Å². The number of nitrogens with two attached hydrogens (primary N) is 1. The van der Waals surface area contributed by atoms with Gasteiger partial charge in [0.15, 0.2) is 0 Å². The van der Waals surface area contributed by atoms with Crippen molar-refractivity contribution in [2.75, 3.05) is 0 Å². The number of hydrogen-bond donors (Lipinski definition) is 2. The van der Waals surface area contributed by atoms with Crippen molar-refractivity contribution < 1.29 is 9.50 Å². The summed E-state index contributed by atoms with van der Waals surface area (Å²) in [4.78, 5) is 0. The largest absolute Gasteiger partial charge is 0.387 e. The second-order valence-electron chi connectivity index (χ2n) is 3.01. The van der Waals surface area contributed by atoms with Crippen molar-refractivity contribution in [2.24, 2.45) is 5.73 Å². The molecule has 1 aromatic carbocycles. The van der Waals surface area contributed by atoms with E-state index in [0.717, 1.165) is 0 Å². The van der Waals surface area contributed by atoms with Crippen LogP contribution in [0, 0.1) is 5.82 Å². The molecule has 0 aromatic heterocycles. The first kappa shape index (κ1) is 10.6. The maximum absolute atomic E-state index is 12.9. The molecule has 3 N–H and O–H groups in total. The van der Waals surface area contributed by atoms with E-state index in [1.807, 2.05) is 0 Å². The SMILES string of the molecule is C[C@@H](N)[C@@H](O)c1cc(F)cc(Br)c1. The number of aliphatic hydroxyl groups excluding tert-OH is 1. The van der Waals surface area contributed by atoms with Crippen LogP contribution in [0.5, 0.6) is 0 Å². The van der Waals surface area contributed by atoms with E-state index in [1.54, 1.807) is 13.0 Å². The van der Waals surface area contributed by atoms with Crippen LogP contribution in [0.25, 0.3) is 0 Å². The predicted octanol–water partition coefficient (Wildman–Crippen LogP) is 1.97. The lowest BCUT2D eigenvalue weighted by molar-refractivity contribution is 0.153. The van der Waals surface area contributed by atoms with Crippen LogP contribution in [-0.2, 0) is 0 Å². The molecule has 0 saturated carbocycles. The molecule has 0 fully saturated rings. The Morgan fingerprint density at radius 2 is 2.08 bits per heavy atom. The molecule has 0 aliphatic rings. The van der Waals surface area contributed by atoms with Crippen LogP contribution in [0.1, 0.15) is 18.6 Å². The van der Waals surface area contributed by atoms with Gasteiger partial charge in [-0.15, -0.1) is 0 Å². The van der Waals surface area contributed by atoms with Crippen molar-refractivity contribution in [1.82, 2.24) is 0 Å². The van der Waals surface area contributed by atoms with E-state index < -0.39 is 12.1 Å². The highest BCUT2D eigenvalue weighted by Crippen LogP contribution is 2.21. The number of halogens is 2. The van der Waals surface area contributed by atoms with Crippen molar-refractivity contribution in [3.05, 3.63) is 34.1 Å². The molecule has 13 heavy (non-hydrogen) atoms. The van der Waals surface area contributed by atoms with Gasteiger partial charge in [0.05, 0.1) is 6.10 Å². The molecular weight excluding hydrogens is 237 g/mol. The molecule has 0 bridgehead atoms. The van der Waals surface area contributed by atoms with Gasteiger partial charge in [0.1, 0.15) is 5.82 Å². The minimum Gasteiger partial charge on any atom is -0.387 e. The van der Waals surface area contributed by atoms with Gasteiger partial charge in [0, 0.05) is 10.5 Å². The van der Waals surface area contributed by atoms with E-state index in [9.17, 15) is 9.50 Å². The summed E-state index contributed by atoms with van der Waals surface area (Å²) in [6.45, 7) is 1.67. The first-order chi connectivity index (χ1) is 6.00. The van der Waals surface area contributed by atoms with Gasteiger partial charge < -0.3 is 10.8 Å². The second kappa shape index (κ2) is 4.17. The molecule has 0 aliphatic carbocycles. The molecule has 0 radical (unpaired) electrons. The lowest BCUT2D eigenvalue weighted by Gasteiger charge is -2.14. The summed E-state index contributed by atoms with van der Waals surface area (Å²) in [5, 5.41) is 9.53. The molecule has 0 unspecified atom stereocenters. The third kappa shape index (κ3) is 2.76. The molecule has 4 heteroatoms.